The van der Waals surface area contributed by atoms with E-state index in [0.717, 1.165) is 36.5 Å². The standard InChI is InChI=1S/C18H24N4O3/c1-21-13-19-20-18(21)15-6-4-8-22(10-15)17(23)12-25-11-14-5-3-7-16(9-14)24-2/h3,5,7,9,13,15H,4,6,8,10-12H2,1-2H3/t15-/m1/s1. The van der Waals surface area contributed by atoms with E-state index >= 15 is 0 Å². The summed E-state index contributed by atoms with van der Waals surface area (Å²) in [6.07, 6.45) is 3.70. The summed E-state index contributed by atoms with van der Waals surface area (Å²) in [5.41, 5.74) is 0.989. The van der Waals surface area contributed by atoms with Crippen molar-refractivity contribution < 1.29 is 14.3 Å². The number of methoxy groups -OCH3 is 1. The van der Waals surface area contributed by atoms with Gasteiger partial charge in [-0.05, 0) is 30.5 Å². The fourth-order valence-electron chi connectivity index (χ4n) is 3.19. The first-order valence-corrected chi connectivity index (χ1v) is 8.49. The minimum Gasteiger partial charge on any atom is -0.497 e. The van der Waals surface area contributed by atoms with Crippen LogP contribution in [0.4, 0.5) is 0 Å². The third kappa shape index (κ3) is 4.36. The van der Waals surface area contributed by atoms with Crippen LogP contribution in [0.5, 0.6) is 5.75 Å². The molecule has 7 nitrogen and oxygen atoms in total. The summed E-state index contributed by atoms with van der Waals surface area (Å²) in [6.45, 7) is 1.93. The Bertz CT molecular complexity index is 716. The number of nitrogens with zero attached hydrogens (tertiary/aromatic N) is 4. The molecular formula is C18H24N4O3. The lowest BCUT2D eigenvalue weighted by Crippen LogP contribution is -2.41. The van der Waals surface area contributed by atoms with Crippen molar-refractivity contribution in [2.24, 2.45) is 7.05 Å². The van der Waals surface area contributed by atoms with E-state index in [1.165, 1.54) is 0 Å². The normalized spacial score (nSPS) is 17.5. The average molecular weight is 344 g/mol. The van der Waals surface area contributed by atoms with Gasteiger partial charge in [-0.25, -0.2) is 0 Å². The zero-order valence-electron chi connectivity index (χ0n) is 14.7. The third-order valence-electron chi connectivity index (χ3n) is 4.51. The Labute approximate surface area is 147 Å². The minimum atomic E-state index is 0.0229. The molecule has 1 aromatic heterocycles. The topological polar surface area (TPSA) is 69.5 Å². The summed E-state index contributed by atoms with van der Waals surface area (Å²) in [5, 5.41) is 8.12. The van der Waals surface area contributed by atoms with E-state index in [1.54, 1.807) is 13.4 Å². The molecule has 2 aromatic rings. The van der Waals surface area contributed by atoms with Gasteiger partial charge in [-0.1, -0.05) is 12.1 Å². The number of benzene rings is 1. The number of hydrogen-bond acceptors (Lipinski definition) is 5. The molecule has 1 saturated heterocycles. The quantitative estimate of drug-likeness (QED) is 0.798. The molecule has 1 fully saturated rings. The van der Waals surface area contributed by atoms with Crippen LogP contribution < -0.4 is 4.74 Å². The third-order valence-corrected chi connectivity index (χ3v) is 4.51. The van der Waals surface area contributed by atoms with Crippen LogP contribution in [0.2, 0.25) is 0 Å². The highest BCUT2D eigenvalue weighted by Crippen LogP contribution is 2.25. The Kier molecular flexibility index (Phi) is 5.65. The molecule has 1 aliphatic heterocycles. The van der Waals surface area contributed by atoms with Gasteiger partial charge in [0.2, 0.25) is 5.91 Å². The van der Waals surface area contributed by atoms with E-state index in [9.17, 15) is 4.79 Å². The number of carbonyl (C=O) groups is 1. The molecule has 0 N–H and O–H groups in total. The molecule has 1 amide bonds. The Morgan fingerprint density at radius 1 is 1.40 bits per heavy atom. The van der Waals surface area contributed by atoms with Gasteiger partial charge in [-0.2, -0.15) is 0 Å². The lowest BCUT2D eigenvalue weighted by molar-refractivity contribution is -0.137. The molecule has 134 valence electrons. The maximum Gasteiger partial charge on any atom is 0.248 e. The van der Waals surface area contributed by atoms with Crippen molar-refractivity contribution in [3.8, 4) is 5.75 Å². The number of likely N-dealkylation sites (tertiary alicyclic amines) is 1. The summed E-state index contributed by atoms with van der Waals surface area (Å²) in [4.78, 5) is 14.3. The van der Waals surface area contributed by atoms with Crippen molar-refractivity contribution >= 4 is 5.91 Å². The van der Waals surface area contributed by atoms with Crippen molar-refractivity contribution in [1.29, 1.82) is 0 Å². The molecule has 0 bridgehead atoms. The Hall–Kier alpha value is -2.41. The van der Waals surface area contributed by atoms with Gasteiger partial charge in [0.1, 0.15) is 24.5 Å². The van der Waals surface area contributed by atoms with E-state index in [0.29, 0.717) is 13.2 Å². The maximum absolute atomic E-state index is 12.4. The van der Waals surface area contributed by atoms with Crippen LogP contribution >= 0.6 is 0 Å². The second-order valence-electron chi connectivity index (χ2n) is 6.32. The molecule has 2 heterocycles. The molecule has 3 rings (SSSR count). The van der Waals surface area contributed by atoms with Crippen molar-refractivity contribution in [3.05, 3.63) is 42.0 Å². The summed E-state index contributed by atoms with van der Waals surface area (Å²) in [7, 11) is 3.57. The maximum atomic E-state index is 12.4. The lowest BCUT2D eigenvalue weighted by atomic mass is 9.97. The SMILES string of the molecule is COc1cccc(COCC(=O)N2CCC[C@@H](c3nncn3C)C2)c1. The molecule has 0 radical (unpaired) electrons. The first-order chi connectivity index (χ1) is 12.2. The summed E-state index contributed by atoms with van der Waals surface area (Å²) < 4.78 is 12.7. The lowest BCUT2D eigenvalue weighted by Gasteiger charge is -2.32. The van der Waals surface area contributed by atoms with Gasteiger partial charge in [0, 0.05) is 26.1 Å². The van der Waals surface area contributed by atoms with Gasteiger partial charge < -0.3 is 18.9 Å². The van der Waals surface area contributed by atoms with Gasteiger partial charge >= 0.3 is 0 Å². The second kappa shape index (κ2) is 8.11. The highest BCUT2D eigenvalue weighted by molar-refractivity contribution is 5.77. The number of hydrogen-bond donors (Lipinski definition) is 0. The van der Waals surface area contributed by atoms with E-state index in [1.807, 2.05) is 40.8 Å². The monoisotopic (exact) mass is 344 g/mol. The molecule has 25 heavy (non-hydrogen) atoms. The number of carbonyl (C=O) groups excluding carboxylic acids is 1. The smallest absolute Gasteiger partial charge is 0.248 e. The van der Waals surface area contributed by atoms with Gasteiger partial charge in [-0.15, -0.1) is 10.2 Å². The predicted molar refractivity (Wildman–Crippen MR) is 92.2 cm³/mol. The predicted octanol–water partition coefficient (Wildman–Crippen LogP) is 1.75. The van der Waals surface area contributed by atoms with Crippen molar-refractivity contribution in [1.82, 2.24) is 19.7 Å². The molecule has 1 aliphatic rings. The fourth-order valence-corrected chi connectivity index (χ4v) is 3.19. The zero-order chi connectivity index (χ0) is 17.6. The number of amides is 1. The Morgan fingerprint density at radius 3 is 3.04 bits per heavy atom. The van der Waals surface area contributed by atoms with E-state index in [2.05, 4.69) is 10.2 Å². The number of ether oxygens (including phenoxy) is 2. The highest BCUT2D eigenvalue weighted by atomic mass is 16.5. The Balaban J connectivity index is 1.50. The average Bonchev–Trinajstić information content (AvgIpc) is 3.08. The molecule has 7 heteroatoms. The second-order valence-corrected chi connectivity index (χ2v) is 6.32. The van der Waals surface area contributed by atoms with Crippen LogP contribution in [0.3, 0.4) is 0 Å². The summed E-state index contributed by atoms with van der Waals surface area (Å²) in [6, 6.07) is 7.66. The van der Waals surface area contributed by atoms with Crippen LogP contribution in [-0.4, -0.2) is 52.4 Å². The van der Waals surface area contributed by atoms with Gasteiger partial charge in [-0.3, -0.25) is 4.79 Å². The summed E-state index contributed by atoms with van der Waals surface area (Å²) >= 11 is 0. The van der Waals surface area contributed by atoms with Crippen LogP contribution in [0.1, 0.15) is 30.1 Å². The first-order valence-electron chi connectivity index (χ1n) is 8.49. The van der Waals surface area contributed by atoms with Gasteiger partial charge in [0.05, 0.1) is 13.7 Å². The van der Waals surface area contributed by atoms with E-state index in [-0.39, 0.29) is 18.4 Å². The largest absolute Gasteiger partial charge is 0.497 e. The van der Waals surface area contributed by atoms with Crippen LogP contribution in [-0.2, 0) is 23.2 Å². The molecule has 0 saturated carbocycles. The van der Waals surface area contributed by atoms with E-state index < -0.39 is 0 Å². The molecular weight excluding hydrogens is 320 g/mol. The van der Waals surface area contributed by atoms with Crippen LogP contribution in [0, 0.1) is 0 Å². The number of aromatic nitrogens is 3. The van der Waals surface area contributed by atoms with Crippen LogP contribution in [0.15, 0.2) is 30.6 Å². The number of piperidine rings is 1. The fraction of sp³-hybridized carbons (Fsp3) is 0.500. The van der Waals surface area contributed by atoms with Crippen LogP contribution in [0.25, 0.3) is 0 Å². The van der Waals surface area contributed by atoms with E-state index in [4.69, 9.17) is 9.47 Å². The minimum absolute atomic E-state index is 0.0229. The molecule has 1 aromatic carbocycles. The first kappa shape index (κ1) is 17.4. The van der Waals surface area contributed by atoms with Crippen molar-refractivity contribution in [3.63, 3.8) is 0 Å². The summed E-state index contributed by atoms with van der Waals surface area (Å²) in [5.74, 6) is 1.99. The molecule has 0 spiro atoms. The van der Waals surface area contributed by atoms with Crippen molar-refractivity contribution in [2.45, 2.75) is 25.4 Å². The molecule has 0 unspecified atom stereocenters. The molecule has 1 atom stereocenters. The zero-order valence-corrected chi connectivity index (χ0v) is 14.7. The number of rotatable bonds is 6. The Morgan fingerprint density at radius 2 is 2.28 bits per heavy atom. The van der Waals surface area contributed by atoms with Gasteiger partial charge in [0.25, 0.3) is 0 Å². The number of aryl methyl sites for hydroxylation is 1. The van der Waals surface area contributed by atoms with Gasteiger partial charge in [0.15, 0.2) is 0 Å². The molecule has 0 aliphatic carbocycles. The van der Waals surface area contributed by atoms with Crippen molar-refractivity contribution in [2.75, 3.05) is 26.8 Å². The highest BCUT2D eigenvalue weighted by Gasteiger charge is 2.27.